The lowest BCUT2D eigenvalue weighted by Gasteiger charge is -2.33. The minimum Gasteiger partial charge on any atom is -0.337 e. The van der Waals surface area contributed by atoms with E-state index in [0.29, 0.717) is 18.6 Å². The van der Waals surface area contributed by atoms with E-state index in [1.807, 2.05) is 13.1 Å². The van der Waals surface area contributed by atoms with Crippen molar-refractivity contribution in [2.24, 2.45) is 0 Å². The van der Waals surface area contributed by atoms with Gasteiger partial charge in [-0.25, -0.2) is 0 Å². The average Bonchev–Trinajstić information content (AvgIpc) is 3.10. The lowest BCUT2D eigenvalue weighted by molar-refractivity contribution is -0.133. The van der Waals surface area contributed by atoms with Gasteiger partial charge in [0.1, 0.15) is 6.54 Å². The standard InChI is InChI=1S/C15H24N4O/c1-12-9-16-18(10-12)11-15(20)19-8-4-6-14(19)13-5-3-7-17(13)2/h9-10,13-14H,3-8,11H2,1-2H3/t13-,14+/m0/s1. The first-order chi connectivity index (χ1) is 9.65. The van der Waals surface area contributed by atoms with Crippen molar-refractivity contribution in [1.82, 2.24) is 19.6 Å². The third-order valence-electron chi connectivity index (χ3n) is 4.70. The third-order valence-corrected chi connectivity index (χ3v) is 4.70. The minimum absolute atomic E-state index is 0.218. The molecule has 2 aliphatic rings. The van der Waals surface area contributed by atoms with Gasteiger partial charge in [-0.15, -0.1) is 0 Å². The van der Waals surface area contributed by atoms with Crippen molar-refractivity contribution in [2.75, 3.05) is 20.1 Å². The number of likely N-dealkylation sites (tertiary alicyclic amines) is 2. The van der Waals surface area contributed by atoms with Gasteiger partial charge in [-0.3, -0.25) is 9.48 Å². The Balaban J connectivity index is 1.67. The molecule has 0 aliphatic carbocycles. The fourth-order valence-electron chi connectivity index (χ4n) is 3.71. The fraction of sp³-hybridized carbons (Fsp3) is 0.733. The zero-order valence-electron chi connectivity index (χ0n) is 12.5. The highest BCUT2D eigenvalue weighted by atomic mass is 16.2. The molecule has 3 heterocycles. The number of amides is 1. The Labute approximate surface area is 120 Å². The maximum atomic E-state index is 12.5. The van der Waals surface area contributed by atoms with E-state index < -0.39 is 0 Å². The Morgan fingerprint density at radius 1 is 1.30 bits per heavy atom. The molecular weight excluding hydrogens is 252 g/mol. The lowest BCUT2D eigenvalue weighted by atomic mass is 10.0. The first-order valence-corrected chi connectivity index (χ1v) is 7.64. The maximum absolute atomic E-state index is 12.5. The molecule has 2 fully saturated rings. The highest BCUT2D eigenvalue weighted by molar-refractivity contribution is 5.76. The van der Waals surface area contributed by atoms with Crippen LogP contribution in [-0.4, -0.2) is 57.7 Å². The molecule has 1 aromatic rings. The van der Waals surface area contributed by atoms with Crippen LogP contribution in [0.1, 0.15) is 31.2 Å². The Hall–Kier alpha value is -1.36. The molecule has 0 bridgehead atoms. The van der Waals surface area contributed by atoms with E-state index >= 15 is 0 Å². The summed E-state index contributed by atoms with van der Waals surface area (Å²) in [6.07, 6.45) is 8.52. The number of carbonyl (C=O) groups is 1. The van der Waals surface area contributed by atoms with Gasteiger partial charge in [0, 0.05) is 24.8 Å². The maximum Gasteiger partial charge on any atom is 0.244 e. The number of hydrogen-bond acceptors (Lipinski definition) is 3. The molecule has 0 saturated carbocycles. The van der Waals surface area contributed by atoms with Crippen LogP contribution in [0, 0.1) is 6.92 Å². The SMILES string of the molecule is Cc1cnn(CC(=O)N2CCC[C@@H]2[C@@H]2CCCN2C)c1. The summed E-state index contributed by atoms with van der Waals surface area (Å²) in [7, 11) is 2.19. The molecule has 5 heteroatoms. The van der Waals surface area contributed by atoms with Gasteiger partial charge in [0.2, 0.25) is 5.91 Å². The molecule has 0 spiro atoms. The quantitative estimate of drug-likeness (QED) is 0.835. The predicted octanol–water partition coefficient (Wildman–Crippen LogP) is 1.28. The van der Waals surface area contributed by atoms with Crippen LogP contribution in [0.4, 0.5) is 0 Å². The van der Waals surface area contributed by atoms with E-state index in [9.17, 15) is 4.79 Å². The zero-order valence-corrected chi connectivity index (χ0v) is 12.5. The monoisotopic (exact) mass is 276 g/mol. The van der Waals surface area contributed by atoms with Crippen LogP contribution in [0.25, 0.3) is 0 Å². The van der Waals surface area contributed by atoms with Crippen LogP contribution in [-0.2, 0) is 11.3 Å². The summed E-state index contributed by atoms with van der Waals surface area (Å²) in [5, 5.41) is 4.22. The summed E-state index contributed by atoms with van der Waals surface area (Å²) in [6, 6.07) is 0.965. The molecule has 2 aliphatic heterocycles. The van der Waals surface area contributed by atoms with Gasteiger partial charge < -0.3 is 9.80 Å². The second kappa shape index (κ2) is 5.56. The summed E-state index contributed by atoms with van der Waals surface area (Å²) in [5.41, 5.74) is 1.10. The first-order valence-electron chi connectivity index (χ1n) is 7.64. The second-order valence-corrected chi connectivity index (χ2v) is 6.20. The van der Waals surface area contributed by atoms with Gasteiger partial charge in [0.05, 0.1) is 6.20 Å². The first kappa shape index (κ1) is 13.6. The van der Waals surface area contributed by atoms with Crippen LogP contribution < -0.4 is 0 Å². The summed E-state index contributed by atoms with van der Waals surface area (Å²) in [6.45, 7) is 4.45. The normalized spacial score (nSPS) is 27.4. The van der Waals surface area contributed by atoms with Gasteiger partial charge >= 0.3 is 0 Å². The van der Waals surface area contributed by atoms with Crippen molar-refractivity contribution >= 4 is 5.91 Å². The predicted molar refractivity (Wildman–Crippen MR) is 77.4 cm³/mol. The minimum atomic E-state index is 0.218. The van der Waals surface area contributed by atoms with E-state index in [1.54, 1.807) is 10.9 Å². The number of hydrogen-bond donors (Lipinski definition) is 0. The van der Waals surface area contributed by atoms with Crippen molar-refractivity contribution in [3.8, 4) is 0 Å². The Morgan fingerprint density at radius 2 is 2.05 bits per heavy atom. The molecule has 0 radical (unpaired) electrons. The molecule has 0 N–H and O–H groups in total. The van der Waals surface area contributed by atoms with E-state index in [0.717, 1.165) is 24.9 Å². The smallest absolute Gasteiger partial charge is 0.244 e. The van der Waals surface area contributed by atoms with E-state index in [2.05, 4.69) is 21.9 Å². The van der Waals surface area contributed by atoms with Crippen LogP contribution in [0.3, 0.4) is 0 Å². The molecule has 0 aromatic carbocycles. The lowest BCUT2D eigenvalue weighted by Crippen LogP contribution is -2.48. The van der Waals surface area contributed by atoms with Crippen LogP contribution in [0.5, 0.6) is 0 Å². The van der Waals surface area contributed by atoms with Crippen LogP contribution >= 0.6 is 0 Å². The Kier molecular flexibility index (Phi) is 3.78. The van der Waals surface area contributed by atoms with Crippen molar-refractivity contribution in [1.29, 1.82) is 0 Å². The Bertz CT molecular complexity index is 484. The molecule has 20 heavy (non-hydrogen) atoms. The molecule has 1 amide bonds. The van der Waals surface area contributed by atoms with E-state index in [4.69, 9.17) is 0 Å². The van der Waals surface area contributed by atoms with Gasteiger partial charge in [0.25, 0.3) is 0 Å². The molecule has 1 aromatic heterocycles. The average molecular weight is 276 g/mol. The number of nitrogens with zero attached hydrogens (tertiary/aromatic N) is 4. The van der Waals surface area contributed by atoms with Gasteiger partial charge in [-0.05, 0) is 51.8 Å². The molecule has 0 unspecified atom stereocenters. The number of aryl methyl sites for hydroxylation is 1. The molecular formula is C15H24N4O. The molecule has 2 saturated heterocycles. The van der Waals surface area contributed by atoms with Crippen molar-refractivity contribution in [3.05, 3.63) is 18.0 Å². The highest BCUT2D eigenvalue weighted by Gasteiger charge is 2.38. The van der Waals surface area contributed by atoms with E-state index in [-0.39, 0.29) is 5.91 Å². The molecule has 110 valence electrons. The van der Waals surface area contributed by atoms with Gasteiger partial charge in [-0.1, -0.05) is 0 Å². The van der Waals surface area contributed by atoms with Gasteiger partial charge in [-0.2, -0.15) is 5.10 Å². The Morgan fingerprint density at radius 3 is 2.70 bits per heavy atom. The summed E-state index contributed by atoms with van der Waals surface area (Å²) < 4.78 is 1.76. The molecule has 5 nitrogen and oxygen atoms in total. The van der Waals surface area contributed by atoms with E-state index in [1.165, 1.54) is 19.4 Å². The van der Waals surface area contributed by atoms with Crippen molar-refractivity contribution in [3.63, 3.8) is 0 Å². The molecule has 3 rings (SSSR count). The number of rotatable bonds is 3. The summed E-state index contributed by atoms with van der Waals surface area (Å²) in [4.78, 5) is 17.1. The summed E-state index contributed by atoms with van der Waals surface area (Å²) >= 11 is 0. The summed E-state index contributed by atoms with van der Waals surface area (Å²) in [5.74, 6) is 0.218. The largest absolute Gasteiger partial charge is 0.337 e. The van der Waals surface area contributed by atoms with Crippen LogP contribution in [0.15, 0.2) is 12.4 Å². The zero-order chi connectivity index (χ0) is 14.1. The highest BCUT2D eigenvalue weighted by Crippen LogP contribution is 2.29. The fourth-order valence-corrected chi connectivity index (χ4v) is 3.71. The number of aromatic nitrogens is 2. The van der Waals surface area contributed by atoms with Crippen molar-refractivity contribution < 1.29 is 4.79 Å². The topological polar surface area (TPSA) is 41.4 Å². The number of carbonyl (C=O) groups excluding carboxylic acids is 1. The number of likely N-dealkylation sites (N-methyl/N-ethyl adjacent to an activating group) is 1. The molecule has 2 atom stereocenters. The van der Waals surface area contributed by atoms with Crippen LogP contribution in [0.2, 0.25) is 0 Å². The third kappa shape index (κ3) is 2.59. The van der Waals surface area contributed by atoms with Gasteiger partial charge in [0.15, 0.2) is 0 Å². The second-order valence-electron chi connectivity index (χ2n) is 6.20. The van der Waals surface area contributed by atoms with Crippen molar-refractivity contribution in [2.45, 2.75) is 51.2 Å².